The molecule has 0 unspecified atom stereocenters. The lowest BCUT2D eigenvalue weighted by atomic mass is 10.2. The highest BCUT2D eigenvalue weighted by atomic mass is 16.3. The molecule has 4 rings (SSSR count). The van der Waals surface area contributed by atoms with Crippen LogP contribution in [0.25, 0.3) is 10.9 Å². The maximum absolute atomic E-state index is 12.7. The zero-order valence-electron chi connectivity index (χ0n) is 17.6. The second-order valence-electron chi connectivity index (χ2n) is 8.10. The quantitative estimate of drug-likeness (QED) is 0.745. The van der Waals surface area contributed by atoms with Crippen molar-refractivity contribution in [3.05, 3.63) is 24.3 Å². The van der Waals surface area contributed by atoms with Gasteiger partial charge in [-0.2, -0.15) is 4.98 Å². The van der Waals surface area contributed by atoms with Crippen molar-refractivity contribution in [3.8, 4) is 0 Å². The Morgan fingerprint density at radius 1 is 0.967 bits per heavy atom. The number of hydrogen-bond donors (Lipinski definition) is 2. The number of nitrogens with zero attached hydrogens (tertiary/aromatic N) is 5. The maximum Gasteiger partial charge on any atom is 0.236 e. The molecule has 8 heteroatoms. The van der Waals surface area contributed by atoms with Gasteiger partial charge in [-0.05, 0) is 25.0 Å². The van der Waals surface area contributed by atoms with Crippen molar-refractivity contribution < 1.29 is 9.90 Å². The number of carbonyl (C=O) groups excluding carboxylic acids is 1. The van der Waals surface area contributed by atoms with Crippen molar-refractivity contribution in [2.24, 2.45) is 0 Å². The van der Waals surface area contributed by atoms with Crippen molar-refractivity contribution >= 4 is 28.6 Å². The number of aliphatic hydroxyl groups excluding tert-OH is 1. The Morgan fingerprint density at radius 3 is 2.43 bits per heavy atom. The molecular weight excluding hydrogens is 380 g/mol. The predicted molar refractivity (Wildman–Crippen MR) is 119 cm³/mol. The van der Waals surface area contributed by atoms with Crippen LogP contribution in [0.5, 0.6) is 0 Å². The molecule has 3 heterocycles. The van der Waals surface area contributed by atoms with E-state index in [9.17, 15) is 9.90 Å². The lowest BCUT2D eigenvalue weighted by Crippen LogP contribution is -2.50. The van der Waals surface area contributed by atoms with Crippen LogP contribution in [-0.2, 0) is 4.79 Å². The zero-order valence-corrected chi connectivity index (χ0v) is 17.6. The first-order valence-corrected chi connectivity index (χ1v) is 11.1. The smallest absolute Gasteiger partial charge is 0.236 e. The number of benzene rings is 1. The second kappa shape index (κ2) is 10.0. The first-order valence-electron chi connectivity index (χ1n) is 11.1. The highest BCUT2D eigenvalue weighted by molar-refractivity contribution is 5.90. The molecule has 1 amide bonds. The number of nitrogens with one attached hydrogen (secondary N) is 1. The molecule has 1 aromatic heterocycles. The molecule has 0 spiro atoms. The van der Waals surface area contributed by atoms with Crippen LogP contribution in [0.1, 0.15) is 25.7 Å². The minimum Gasteiger partial charge on any atom is -0.395 e. The molecule has 2 fully saturated rings. The van der Waals surface area contributed by atoms with Gasteiger partial charge in [0, 0.05) is 51.2 Å². The summed E-state index contributed by atoms with van der Waals surface area (Å²) < 4.78 is 0. The van der Waals surface area contributed by atoms with E-state index in [0.29, 0.717) is 19.0 Å². The van der Waals surface area contributed by atoms with Crippen molar-refractivity contribution in [1.82, 2.24) is 19.8 Å². The van der Waals surface area contributed by atoms with Crippen LogP contribution >= 0.6 is 0 Å². The van der Waals surface area contributed by atoms with Crippen molar-refractivity contribution in [2.75, 3.05) is 69.2 Å². The molecule has 0 atom stereocenters. The molecule has 0 radical (unpaired) electrons. The normalized spacial score (nSPS) is 18.4. The van der Waals surface area contributed by atoms with Gasteiger partial charge in [0.25, 0.3) is 0 Å². The number of aliphatic hydroxyl groups is 1. The molecule has 0 aliphatic carbocycles. The lowest BCUT2D eigenvalue weighted by molar-refractivity contribution is -0.132. The fourth-order valence-corrected chi connectivity index (χ4v) is 4.23. The number of para-hydroxylation sites is 1. The van der Waals surface area contributed by atoms with Crippen molar-refractivity contribution in [1.29, 1.82) is 0 Å². The lowest BCUT2D eigenvalue weighted by Gasteiger charge is -2.35. The van der Waals surface area contributed by atoms with Gasteiger partial charge in [-0.15, -0.1) is 0 Å². The third-order valence-corrected chi connectivity index (χ3v) is 5.97. The van der Waals surface area contributed by atoms with E-state index in [1.807, 2.05) is 29.2 Å². The number of carbonyl (C=O) groups is 1. The summed E-state index contributed by atoms with van der Waals surface area (Å²) in [5, 5.41) is 13.3. The summed E-state index contributed by atoms with van der Waals surface area (Å²) in [4.78, 5) is 28.6. The van der Waals surface area contributed by atoms with Crippen molar-refractivity contribution in [2.45, 2.75) is 25.7 Å². The third-order valence-electron chi connectivity index (χ3n) is 5.97. The molecule has 2 aliphatic rings. The van der Waals surface area contributed by atoms with E-state index in [4.69, 9.17) is 9.97 Å². The average molecular weight is 413 g/mol. The summed E-state index contributed by atoms with van der Waals surface area (Å²) in [7, 11) is 0. The molecule has 30 heavy (non-hydrogen) atoms. The molecule has 0 saturated carbocycles. The van der Waals surface area contributed by atoms with Gasteiger partial charge >= 0.3 is 0 Å². The van der Waals surface area contributed by atoms with Gasteiger partial charge in [-0.25, -0.2) is 4.98 Å². The first-order chi connectivity index (χ1) is 14.7. The van der Waals surface area contributed by atoms with Gasteiger partial charge < -0.3 is 20.2 Å². The minimum atomic E-state index is 0.0530. The third kappa shape index (κ3) is 4.99. The van der Waals surface area contributed by atoms with Crippen LogP contribution < -0.4 is 10.2 Å². The Labute approximate surface area is 177 Å². The van der Waals surface area contributed by atoms with Crippen LogP contribution in [0.15, 0.2) is 24.3 Å². The summed E-state index contributed by atoms with van der Waals surface area (Å²) in [6.45, 7) is 6.08. The number of piperazine rings is 1. The number of rotatable bonds is 6. The van der Waals surface area contributed by atoms with Crippen LogP contribution in [0.4, 0.5) is 11.8 Å². The Morgan fingerprint density at radius 2 is 1.70 bits per heavy atom. The first kappa shape index (κ1) is 20.8. The number of likely N-dealkylation sites (tertiary alicyclic amines) is 1. The summed E-state index contributed by atoms with van der Waals surface area (Å²) in [6.07, 6.45) is 4.74. The summed E-state index contributed by atoms with van der Waals surface area (Å²) in [6, 6.07) is 7.92. The SMILES string of the molecule is O=C(CN1CCN(c2nc(NCCO)c3ccccc3n2)CC1)N1CCCCCC1. The van der Waals surface area contributed by atoms with Crippen LogP contribution in [0.3, 0.4) is 0 Å². The molecule has 1 aromatic carbocycles. The highest BCUT2D eigenvalue weighted by Crippen LogP contribution is 2.24. The van der Waals surface area contributed by atoms with Crippen LogP contribution in [0.2, 0.25) is 0 Å². The predicted octanol–water partition coefficient (Wildman–Crippen LogP) is 1.56. The van der Waals surface area contributed by atoms with E-state index in [-0.39, 0.29) is 12.5 Å². The van der Waals surface area contributed by atoms with Crippen LogP contribution in [0, 0.1) is 0 Å². The van der Waals surface area contributed by atoms with E-state index in [1.54, 1.807) is 0 Å². The van der Waals surface area contributed by atoms with E-state index in [2.05, 4.69) is 15.1 Å². The fraction of sp³-hybridized carbons (Fsp3) is 0.591. The van der Waals surface area contributed by atoms with Crippen LogP contribution in [-0.4, -0.2) is 89.7 Å². The van der Waals surface area contributed by atoms with E-state index >= 15 is 0 Å². The molecule has 2 saturated heterocycles. The summed E-state index contributed by atoms with van der Waals surface area (Å²) in [5.41, 5.74) is 0.890. The topological polar surface area (TPSA) is 84.8 Å². The van der Waals surface area contributed by atoms with Gasteiger partial charge in [0.15, 0.2) is 0 Å². The second-order valence-corrected chi connectivity index (χ2v) is 8.10. The molecule has 162 valence electrons. The van der Waals surface area contributed by atoms with E-state index in [0.717, 1.165) is 68.8 Å². The summed E-state index contributed by atoms with van der Waals surface area (Å²) in [5.74, 6) is 1.72. The Bertz CT molecular complexity index is 845. The van der Waals surface area contributed by atoms with Gasteiger partial charge in [-0.3, -0.25) is 9.69 Å². The Kier molecular flexibility index (Phi) is 6.96. The molecule has 2 N–H and O–H groups in total. The Hall–Kier alpha value is -2.45. The molecule has 2 aromatic rings. The Balaban J connectivity index is 1.38. The van der Waals surface area contributed by atoms with Gasteiger partial charge in [-0.1, -0.05) is 25.0 Å². The van der Waals surface area contributed by atoms with Gasteiger partial charge in [0.05, 0.1) is 18.7 Å². The number of hydrogen-bond acceptors (Lipinski definition) is 7. The number of aromatic nitrogens is 2. The van der Waals surface area contributed by atoms with E-state index in [1.165, 1.54) is 12.8 Å². The average Bonchev–Trinajstić information content (AvgIpc) is 3.07. The molecule has 0 bridgehead atoms. The maximum atomic E-state index is 12.7. The molecule has 8 nitrogen and oxygen atoms in total. The number of anilines is 2. The number of fused-ring (bicyclic) bond motifs is 1. The van der Waals surface area contributed by atoms with Crippen molar-refractivity contribution in [3.63, 3.8) is 0 Å². The molecular formula is C22H32N6O2. The van der Waals surface area contributed by atoms with Gasteiger partial charge in [0.1, 0.15) is 5.82 Å². The molecule has 2 aliphatic heterocycles. The summed E-state index contributed by atoms with van der Waals surface area (Å²) >= 11 is 0. The monoisotopic (exact) mass is 412 g/mol. The van der Waals surface area contributed by atoms with Gasteiger partial charge in [0.2, 0.25) is 11.9 Å². The zero-order chi connectivity index (χ0) is 20.8. The minimum absolute atomic E-state index is 0.0530. The number of amides is 1. The van der Waals surface area contributed by atoms with E-state index < -0.39 is 0 Å². The standard InChI is InChI=1S/C22H32N6O2/c29-16-9-23-21-18-7-3-4-8-19(18)24-22(25-21)28-14-12-26(13-15-28)17-20(30)27-10-5-1-2-6-11-27/h3-4,7-8,29H,1-2,5-6,9-17H2,(H,23,24,25). The fourth-order valence-electron chi connectivity index (χ4n) is 4.23. The highest BCUT2D eigenvalue weighted by Gasteiger charge is 2.24. The largest absolute Gasteiger partial charge is 0.395 e.